The van der Waals surface area contributed by atoms with Crippen molar-refractivity contribution in [2.24, 2.45) is 0 Å². The van der Waals surface area contributed by atoms with E-state index in [1.165, 1.54) is 21.0 Å². The number of benzene rings is 1. The third-order valence-corrected chi connectivity index (χ3v) is 7.28. The zero-order chi connectivity index (χ0) is 20.4. The molecule has 1 saturated heterocycles. The summed E-state index contributed by atoms with van der Waals surface area (Å²) in [5.74, 6) is 0.708. The van der Waals surface area contributed by atoms with Gasteiger partial charge in [0.2, 0.25) is 5.78 Å². The number of Topliss-reactive ketones (excluding diaryl/α,β-unsaturated/α-hetero) is 1. The van der Waals surface area contributed by atoms with Crippen LogP contribution in [0.3, 0.4) is 0 Å². The maximum Gasteiger partial charge on any atom is 0.218 e. The minimum Gasteiger partial charge on any atom is -0.383 e. The normalized spacial score (nSPS) is 19.7. The van der Waals surface area contributed by atoms with Gasteiger partial charge in [-0.3, -0.25) is 4.79 Å². The fourth-order valence-electron chi connectivity index (χ4n) is 4.52. The van der Waals surface area contributed by atoms with Crippen LogP contribution >= 0.6 is 11.3 Å². The molecule has 2 atom stereocenters. The molecular weight excluding hydrogens is 382 g/mol. The summed E-state index contributed by atoms with van der Waals surface area (Å²) in [4.78, 5) is 19.3. The predicted octanol–water partition coefficient (Wildman–Crippen LogP) is 3.01. The third-order valence-electron chi connectivity index (χ3n) is 6.08. The standard InChI is InChI=1S/C23H29N3O2S/c1-16-13-19(17(2)26(16)11-12-28-3)21(27)15-25-10-6-7-18(14-25)23-24-20-8-4-5-9-22(20)29-23/h4-5,8-9,13,18H,6-7,10-12,14-15H2,1-3H3/p+1/t18-/m0/s1. The molecule has 1 aliphatic heterocycles. The van der Waals surface area contributed by atoms with Gasteiger partial charge in [0.25, 0.3) is 0 Å². The lowest BCUT2D eigenvalue weighted by Crippen LogP contribution is -3.14. The number of carbonyl (C=O) groups excluding carboxylic acids is 1. The average molecular weight is 413 g/mol. The Bertz CT molecular complexity index is 974. The lowest BCUT2D eigenvalue weighted by atomic mass is 9.98. The summed E-state index contributed by atoms with van der Waals surface area (Å²) in [5.41, 5.74) is 4.15. The Kier molecular flexibility index (Phi) is 6.13. The van der Waals surface area contributed by atoms with Crippen LogP contribution in [0.2, 0.25) is 0 Å². The van der Waals surface area contributed by atoms with Crippen LogP contribution in [0, 0.1) is 13.8 Å². The van der Waals surface area contributed by atoms with Gasteiger partial charge >= 0.3 is 0 Å². The van der Waals surface area contributed by atoms with Gasteiger partial charge in [-0.15, -0.1) is 11.3 Å². The molecule has 1 fully saturated rings. The summed E-state index contributed by atoms with van der Waals surface area (Å²) in [6.07, 6.45) is 2.32. The smallest absolute Gasteiger partial charge is 0.218 e. The fourth-order valence-corrected chi connectivity index (χ4v) is 5.62. The number of thiazole rings is 1. The highest BCUT2D eigenvalue weighted by molar-refractivity contribution is 7.18. The molecule has 4 rings (SSSR count). The highest BCUT2D eigenvalue weighted by Gasteiger charge is 2.29. The zero-order valence-electron chi connectivity index (χ0n) is 17.5. The number of aromatic nitrogens is 2. The number of fused-ring (bicyclic) bond motifs is 1. The van der Waals surface area contributed by atoms with Gasteiger partial charge in [0.1, 0.15) is 11.6 Å². The Labute approximate surface area is 176 Å². The van der Waals surface area contributed by atoms with Gasteiger partial charge in [-0.05, 0) is 44.9 Å². The van der Waals surface area contributed by atoms with Gasteiger partial charge in [-0.1, -0.05) is 12.1 Å². The number of methoxy groups -OCH3 is 1. The average Bonchev–Trinajstić information content (AvgIpc) is 3.28. The lowest BCUT2D eigenvalue weighted by Gasteiger charge is -2.28. The Balaban J connectivity index is 1.45. The molecule has 154 valence electrons. The number of nitrogens with zero attached hydrogens (tertiary/aromatic N) is 2. The molecule has 0 saturated carbocycles. The summed E-state index contributed by atoms with van der Waals surface area (Å²) >= 11 is 1.81. The van der Waals surface area contributed by atoms with Crippen molar-refractivity contribution in [3.8, 4) is 0 Å². The zero-order valence-corrected chi connectivity index (χ0v) is 18.3. The molecule has 0 radical (unpaired) electrons. The van der Waals surface area contributed by atoms with Gasteiger partial charge in [-0.25, -0.2) is 4.98 Å². The number of ether oxygens (including phenoxy) is 1. The number of rotatable bonds is 7. The number of quaternary nitrogens is 1. The molecule has 1 unspecified atom stereocenters. The first-order chi connectivity index (χ1) is 14.1. The summed E-state index contributed by atoms with van der Waals surface area (Å²) in [7, 11) is 1.71. The van der Waals surface area contributed by atoms with E-state index in [1.54, 1.807) is 7.11 Å². The first-order valence-electron chi connectivity index (χ1n) is 10.4. The van der Waals surface area contributed by atoms with Crippen LogP contribution in [-0.2, 0) is 11.3 Å². The lowest BCUT2D eigenvalue weighted by molar-refractivity contribution is -0.897. The molecule has 2 aromatic heterocycles. The van der Waals surface area contributed by atoms with Crippen LogP contribution in [0.25, 0.3) is 10.2 Å². The third kappa shape index (κ3) is 4.29. The van der Waals surface area contributed by atoms with Crippen LogP contribution < -0.4 is 4.90 Å². The number of hydrogen-bond donors (Lipinski definition) is 1. The van der Waals surface area contributed by atoms with Crippen molar-refractivity contribution in [2.45, 2.75) is 39.2 Å². The number of hydrogen-bond acceptors (Lipinski definition) is 4. The first kappa shape index (κ1) is 20.3. The van der Waals surface area contributed by atoms with E-state index in [0.29, 0.717) is 19.1 Å². The molecule has 3 aromatic rings. The molecule has 1 N–H and O–H groups in total. The van der Waals surface area contributed by atoms with Crippen molar-refractivity contribution in [3.63, 3.8) is 0 Å². The fraction of sp³-hybridized carbons (Fsp3) is 0.478. The number of nitrogens with one attached hydrogen (secondary N) is 1. The summed E-state index contributed by atoms with van der Waals surface area (Å²) in [6.45, 7) is 8.18. The van der Waals surface area contributed by atoms with Crippen LogP contribution in [0.4, 0.5) is 0 Å². The Morgan fingerprint density at radius 3 is 2.97 bits per heavy atom. The second kappa shape index (κ2) is 8.78. The van der Waals surface area contributed by atoms with Crippen molar-refractivity contribution >= 4 is 27.3 Å². The second-order valence-electron chi connectivity index (χ2n) is 8.09. The monoisotopic (exact) mass is 412 g/mol. The first-order valence-corrected chi connectivity index (χ1v) is 11.3. The molecule has 6 heteroatoms. The van der Waals surface area contributed by atoms with Gasteiger partial charge in [0.15, 0.2) is 0 Å². The molecule has 5 nitrogen and oxygen atoms in total. The van der Waals surface area contributed by atoms with Crippen LogP contribution in [0.1, 0.15) is 45.5 Å². The molecule has 0 spiro atoms. The quantitative estimate of drug-likeness (QED) is 0.607. The number of carbonyl (C=O) groups is 1. The van der Waals surface area contributed by atoms with Crippen molar-refractivity contribution in [2.75, 3.05) is 33.4 Å². The van der Waals surface area contributed by atoms with E-state index >= 15 is 0 Å². The summed E-state index contributed by atoms with van der Waals surface area (Å²) in [5, 5.41) is 1.23. The minimum absolute atomic E-state index is 0.252. The largest absolute Gasteiger partial charge is 0.383 e. The van der Waals surface area contributed by atoms with E-state index in [4.69, 9.17) is 9.72 Å². The molecule has 1 aromatic carbocycles. The van der Waals surface area contributed by atoms with E-state index in [-0.39, 0.29) is 5.78 Å². The Morgan fingerprint density at radius 1 is 1.34 bits per heavy atom. The van der Waals surface area contributed by atoms with Gasteiger partial charge < -0.3 is 14.2 Å². The molecular formula is C23H30N3O2S+. The topological polar surface area (TPSA) is 48.6 Å². The summed E-state index contributed by atoms with van der Waals surface area (Å²) < 4.78 is 8.65. The number of para-hydroxylation sites is 1. The molecule has 1 aliphatic rings. The number of likely N-dealkylation sites (tertiary alicyclic amines) is 1. The van der Waals surface area contributed by atoms with Crippen molar-refractivity contribution in [1.82, 2.24) is 9.55 Å². The maximum absolute atomic E-state index is 13.1. The molecule has 0 amide bonds. The van der Waals surface area contributed by atoms with Crippen molar-refractivity contribution < 1.29 is 14.4 Å². The highest BCUT2D eigenvalue weighted by Crippen LogP contribution is 2.30. The van der Waals surface area contributed by atoms with E-state index in [9.17, 15) is 4.79 Å². The number of piperidine rings is 1. The van der Waals surface area contributed by atoms with Gasteiger partial charge in [0.05, 0.1) is 35.8 Å². The Hall–Kier alpha value is -2.02. The summed E-state index contributed by atoms with van der Waals surface area (Å²) in [6, 6.07) is 10.4. The molecule has 3 heterocycles. The SMILES string of the molecule is COCCn1c(C)cc(C(=O)C[NH+]2CCC[C@H](c3nc4ccccc4s3)C2)c1C. The minimum atomic E-state index is 0.252. The van der Waals surface area contributed by atoms with E-state index < -0.39 is 0 Å². The number of aryl methyl sites for hydroxylation is 1. The molecule has 0 bridgehead atoms. The van der Waals surface area contributed by atoms with Crippen molar-refractivity contribution in [3.05, 3.63) is 52.3 Å². The highest BCUT2D eigenvalue weighted by atomic mass is 32.1. The van der Waals surface area contributed by atoms with Crippen LogP contribution in [0.5, 0.6) is 0 Å². The van der Waals surface area contributed by atoms with Crippen LogP contribution in [-0.4, -0.2) is 48.7 Å². The van der Waals surface area contributed by atoms with Crippen LogP contribution in [0.15, 0.2) is 30.3 Å². The van der Waals surface area contributed by atoms with E-state index in [2.05, 4.69) is 29.7 Å². The maximum atomic E-state index is 13.1. The molecule has 0 aliphatic carbocycles. The van der Waals surface area contributed by atoms with E-state index in [1.807, 2.05) is 30.4 Å². The van der Waals surface area contributed by atoms with Crippen molar-refractivity contribution in [1.29, 1.82) is 0 Å². The van der Waals surface area contributed by atoms with Gasteiger partial charge in [0, 0.05) is 30.6 Å². The second-order valence-corrected chi connectivity index (χ2v) is 9.15. The predicted molar refractivity (Wildman–Crippen MR) is 117 cm³/mol. The Morgan fingerprint density at radius 2 is 2.17 bits per heavy atom. The number of ketones is 1. The molecule has 29 heavy (non-hydrogen) atoms. The van der Waals surface area contributed by atoms with E-state index in [0.717, 1.165) is 48.5 Å². The van der Waals surface area contributed by atoms with Gasteiger partial charge in [-0.2, -0.15) is 0 Å².